The zero-order chi connectivity index (χ0) is 55.4. The van der Waals surface area contributed by atoms with Gasteiger partial charge in [0.05, 0.1) is 94.3 Å². The first-order valence-corrected chi connectivity index (χ1v) is 28.7. The Morgan fingerprint density at radius 1 is 0.805 bits per heavy atom. The number of carbonyl (C=O) groups excluding carboxylic acids is 3. The van der Waals surface area contributed by atoms with E-state index in [0.29, 0.717) is 124 Å². The summed E-state index contributed by atoms with van der Waals surface area (Å²) in [4.78, 5) is 44.6. The molecule has 0 aliphatic carbocycles. The molecule has 0 bridgehead atoms. The van der Waals surface area contributed by atoms with Crippen LogP contribution in [0.1, 0.15) is 88.5 Å². The molecule has 1 unspecified atom stereocenters. The number of anilines is 1. The second-order valence-electron chi connectivity index (χ2n) is 19.7. The Morgan fingerprint density at radius 2 is 1.42 bits per heavy atom. The predicted molar refractivity (Wildman–Crippen MR) is 284 cm³/mol. The molecule has 4 aliphatic rings. The number of amides is 2. The molecule has 2 amide bonds. The van der Waals surface area contributed by atoms with Crippen LogP contribution >= 0.6 is 0 Å². The molecular weight excluding hydrogens is 1040 g/mol. The van der Waals surface area contributed by atoms with E-state index in [4.69, 9.17) is 38.0 Å². The van der Waals surface area contributed by atoms with Crippen molar-refractivity contribution in [3.05, 3.63) is 101 Å². The molecule has 77 heavy (non-hydrogen) atoms. The van der Waals surface area contributed by atoms with Crippen molar-refractivity contribution in [2.24, 2.45) is 0 Å². The molecule has 3 aromatic carbocycles. The van der Waals surface area contributed by atoms with Crippen molar-refractivity contribution in [2.45, 2.75) is 82.1 Å². The summed E-state index contributed by atoms with van der Waals surface area (Å²) < 4.78 is 114. The lowest BCUT2D eigenvalue weighted by atomic mass is 9.74. The molecule has 0 radical (unpaired) electrons. The van der Waals surface area contributed by atoms with E-state index in [-0.39, 0.29) is 45.1 Å². The molecule has 3 aromatic rings. The number of imide groups is 1. The van der Waals surface area contributed by atoms with Crippen molar-refractivity contribution in [3.63, 3.8) is 0 Å². The molecule has 418 valence electrons. The first-order chi connectivity index (χ1) is 36.7. The third-order valence-electron chi connectivity index (χ3n) is 13.7. The van der Waals surface area contributed by atoms with Gasteiger partial charge in [-0.2, -0.15) is 13.0 Å². The van der Waals surface area contributed by atoms with Gasteiger partial charge in [-0.3, -0.25) is 14.1 Å². The van der Waals surface area contributed by atoms with Gasteiger partial charge in [0.25, 0.3) is 21.9 Å². The number of hydrogen-bond acceptors (Lipinski definition) is 17. The second-order valence-corrected chi connectivity index (χ2v) is 22.6. The minimum atomic E-state index is -4.97. The van der Waals surface area contributed by atoms with Crippen LogP contribution in [0.25, 0.3) is 16.9 Å². The van der Waals surface area contributed by atoms with E-state index in [1.165, 1.54) is 18.2 Å². The normalized spacial score (nSPS) is 18.6. The fourth-order valence-corrected chi connectivity index (χ4v) is 10.9. The highest BCUT2D eigenvalue weighted by molar-refractivity contribution is 7.86. The monoisotopic (exact) mass is 1110 g/mol. The van der Waals surface area contributed by atoms with Gasteiger partial charge in [-0.25, -0.2) is 13.2 Å². The summed E-state index contributed by atoms with van der Waals surface area (Å²) in [5.41, 5.74) is 4.88. The van der Waals surface area contributed by atoms with Gasteiger partial charge in [-0.1, -0.05) is 36.4 Å². The van der Waals surface area contributed by atoms with Gasteiger partial charge in [0.15, 0.2) is 5.71 Å². The molecule has 0 spiro atoms. The van der Waals surface area contributed by atoms with Gasteiger partial charge >= 0.3 is 5.97 Å². The van der Waals surface area contributed by atoms with Gasteiger partial charge in [-0.15, -0.1) is 5.06 Å². The van der Waals surface area contributed by atoms with Crippen LogP contribution in [0.15, 0.2) is 83.8 Å². The predicted octanol–water partition coefficient (Wildman–Crippen LogP) is 6.25. The van der Waals surface area contributed by atoms with Gasteiger partial charge in [-0.05, 0) is 76.0 Å². The Morgan fingerprint density at radius 3 is 2.01 bits per heavy atom. The molecule has 22 heteroatoms. The summed E-state index contributed by atoms with van der Waals surface area (Å²) in [6.07, 6.45) is 5.84. The van der Waals surface area contributed by atoms with Gasteiger partial charge in [0, 0.05) is 85.5 Å². The number of hydrogen-bond donors (Lipinski definition) is 1. The number of carbonyl (C=O) groups is 3. The molecule has 7 rings (SSSR count). The molecule has 4 aliphatic heterocycles. The minimum Gasteiger partial charge on any atom is -0.744 e. The highest BCUT2D eigenvalue weighted by Crippen LogP contribution is 2.49. The number of nitrogens with zero attached hydrogens (tertiary/aromatic N) is 3. The fourth-order valence-electron chi connectivity index (χ4n) is 9.93. The molecule has 4 heterocycles. The van der Waals surface area contributed by atoms with Gasteiger partial charge < -0.3 is 47.4 Å². The number of ether oxygens (including phenoxy) is 7. The molecule has 1 fully saturated rings. The van der Waals surface area contributed by atoms with E-state index in [2.05, 4.69) is 30.9 Å². The zero-order valence-corrected chi connectivity index (χ0v) is 45.9. The summed E-state index contributed by atoms with van der Waals surface area (Å²) in [6.45, 7) is 13.7. The van der Waals surface area contributed by atoms with Crippen LogP contribution in [-0.2, 0) is 73.3 Å². The summed E-state index contributed by atoms with van der Waals surface area (Å²) >= 11 is 0. The largest absolute Gasteiger partial charge is 0.744 e. The number of benzene rings is 3. The zero-order valence-electron chi connectivity index (χ0n) is 44.3. The van der Waals surface area contributed by atoms with E-state index < -0.39 is 59.6 Å². The lowest BCUT2D eigenvalue weighted by Crippen LogP contribution is -2.47. The summed E-state index contributed by atoms with van der Waals surface area (Å²) in [5.74, 6) is -1.61. The van der Waals surface area contributed by atoms with Crippen molar-refractivity contribution in [1.29, 1.82) is 0 Å². The second kappa shape index (κ2) is 26.3. The molecule has 0 aromatic heterocycles. The number of methoxy groups -OCH3 is 1. The third kappa shape index (κ3) is 15.3. The van der Waals surface area contributed by atoms with Crippen molar-refractivity contribution in [2.75, 3.05) is 104 Å². The SMILES string of the molecule is COCCOCCOCCOCCOCCOCCN1c2cc3c(cc2C(C)=CC1(C)C)/C(=C/C1=[N+](CCCS(=O)(=O)O)c2ccc(S(=O)(=O)[O-])cc2C1(C)CCCC(=O)ON1C(=O)CCC1=O)C=C(c1ccccc1)O3. The van der Waals surface area contributed by atoms with Crippen molar-refractivity contribution < 1.29 is 82.9 Å². The first-order valence-electron chi connectivity index (χ1n) is 25.7. The maximum Gasteiger partial charge on any atom is 0.333 e. The average Bonchev–Trinajstić information content (AvgIpc) is 3.89. The topological polar surface area (TPSA) is 246 Å². The van der Waals surface area contributed by atoms with Crippen molar-refractivity contribution in [1.82, 2.24) is 5.06 Å². The molecule has 1 saturated heterocycles. The molecule has 1 N–H and O–H groups in total. The Bertz CT molecular complexity index is 2970. The molecule has 0 saturated carbocycles. The Balaban J connectivity index is 1.17. The fraction of sp³-hybridized carbons (Fsp3) is 0.491. The van der Waals surface area contributed by atoms with E-state index >= 15 is 0 Å². The van der Waals surface area contributed by atoms with Crippen LogP contribution in [0.3, 0.4) is 0 Å². The average molecular weight is 1110 g/mol. The summed E-state index contributed by atoms with van der Waals surface area (Å²) in [7, 11) is -7.74. The molecule has 1 atom stereocenters. The third-order valence-corrected chi connectivity index (χ3v) is 15.3. The van der Waals surface area contributed by atoms with Gasteiger partial charge in [0.2, 0.25) is 5.69 Å². The van der Waals surface area contributed by atoms with Crippen molar-refractivity contribution >= 4 is 72.0 Å². The number of hydroxylamine groups is 2. The van der Waals surface area contributed by atoms with E-state index in [1.807, 2.05) is 67.0 Å². The lowest BCUT2D eigenvalue weighted by molar-refractivity contribution is -0.437. The molecular formula is C55H69N3O17S2. The molecule has 20 nitrogen and oxygen atoms in total. The smallest absolute Gasteiger partial charge is 0.333 e. The van der Waals surface area contributed by atoms with Crippen LogP contribution in [-0.4, -0.2) is 163 Å². The Labute approximate surface area is 450 Å². The summed E-state index contributed by atoms with van der Waals surface area (Å²) in [5, 5.41) is 0.475. The van der Waals surface area contributed by atoms with Gasteiger partial charge in [0.1, 0.15) is 28.2 Å². The standard InChI is InChI=1S/C55H69N3O17S2/c1-39-38-54(2,3)57(20-21-69-24-25-71-28-29-73-31-30-72-27-26-70-23-22-68-5)47-37-49-44(36-43(39)47)41(33-48(74-49)40-11-7-6-8-12-40)34-50-55(4,18-9-13-53(61)75-58-51(59)16-17-52(58)60)45-35-42(77(65,66)67)14-15-46(45)56(50)19-10-32-76(62,63)64/h6-8,11-12,14-15,33-38H,9-10,13,16-32H2,1-5H3,(H-,62,63,64,65,66,67). The maximum atomic E-state index is 13.2. The quantitative estimate of drug-likeness (QED) is 0.0335. The maximum absolute atomic E-state index is 13.2. The van der Waals surface area contributed by atoms with Crippen LogP contribution < -0.4 is 9.64 Å². The Hall–Kier alpha value is -5.66. The highest BCUT2D eigenvalue weighted by atomic mass is 32.2. The number of rotatable bonds is 30. The van der Waals surface area contributed by atoms with Crippen LogP contribution in [0.2, 0.25) is 0 Å². The lowest BCUT2D eigenvalue weighted by Gasteiger charge is -2.44. The first kappa shape index (κ1) is 59.0. The summed E-state index contributed by atoms with van der Waals surface area (Å²) in [6, 6.07) is 17.6. The van der Waals surface area contributed by atoms with Crippen molar-refractivity contribution in [3.8, 4) is 5.75 Å². The number of allylic oxidation sites excluding steroid dienone is 4. The van der Waals surface area contributed by atoms with E-state index in [0.717, 1.165) is 22.4 Å². The Kier molecular flexibility index (Phi) is 20.2. The highest BCUT2D eigenvalue weighted by Gasteiger charge is 2.49. The van der Waals surface area contributed by atoms with E-state index in [1.54, 1.807) is 7.11 Å². The minimum absolute atomic E-state index is 0.0347. The van der Waals surface area contributed by atoms with Crippen LogP contribution in [0, 0.1) is 0 Å². The van der Waals surface area contributed by atoms with Crippen LogP contribution in [0.5, 0.6) is 5.75 Å². The van der Waals surface area contributed by atoms with Crippen LogP contribution in [0.4, 0.5) is 11.4 Å². The van der Waals surface area contributed by atoms with E-state index in [9.17, 15) is 40.3 Å². The number of fused-ring (bicyclic) bond motifs is 3.